The minimum absolute atomic E-state index is 0.522. The second kappa shape index (κ2) is 11.8. The van der Waals surface area contributed by atoms with E-state index in [9.17, 15) is 4.79 Å². The number of hydrogen-bond donors (Lipinski definition) is 0. The van der Waals surface area contributed by atoms with Crippen LogP contribution in [0.15, 0.2) is 63.9 Å². The molecule has 0 saturated carbocycles. The maximum atomic E-state index is 12.3. The van der Waals surface area contributed by atoms with E-state index in [1.54, 1.807) is 38.3 Å². The summed E-state index contributed by atoms with van der Waals surface area (Å²) in [7, 11) is 4.29. The second-order valence-corrected chi connectivity index (χ2v) is 6.73. The van der Waals surface area contributed by atoms with Gasteiger partial charge in [0.05, 0.1) is 24.7 Å². The van der Waals surface area contributed by atoms with Crippen molar-refractivity contribution in [2.24, 2.45) is 15.4 Å². The summed E-state index contributed by atoms with van der Waals surface area (Å²) in [6, 6.07) is 14.4. The molecule has 0 aromatic heterocycles. The van der Waals surface area contributed by atoms with Gasteiger partial charge in [-0.05, 0) is 32.0 Å². The summed E-state index contributed by atoms with van der Waals surface area (Å²) in [5.41, 5.74) is 3.07. The molecular formula is C22H25ClN4O4. The van der Waals surface area contributed by atoms with Gasteiger partial charge < -0.3 is 14.3 Å². The number of halogens is 1. The Morgan fingerprint density at radius 1 is 1.10 bits per heavy atom. The highest BCUT2D eigenvalue weighted by molar-refractivity contribution is 6.47. The second-order valence-electron chi connectivity index (χ2n) is 6.29. The molecule has 2 rings (SSSR count). The van der Waals surface area contributed by atoms with Gasteiger partial charge in [-0.15, -0.1) is 0 Å². The average Bonchev–Trinajstić information content (AvgIpc) is 2.78. The fourth-order valence-corrected chi connectivity index (χ4v) is 2.84. The molecule has 0 spiro atoms. The van der Waals surface area contributed by atoms with Gasteiger partial charge in [0.15, 0.2) is 0 Å². The van der Waals surface area contributed by atoms with E-state index in [1.165, 1.54) is 26.2 Å². The molecule has 0 aliphatic carbocycles. The van der Waals surface area contributed by atoms with Crippen molar-refractivity contribution in [3.8, 4) is 0 Å². The van der Waals surface area contributed by atoms with Gasteiger partial charge in [-0.2, -0.15) is 10.2 Å². The van der Waals surface area contributed by atoms with Crippen molar-refractivity contribution in [1.29, 1.82) is 0 Å². The zero-order valence-corrected chi connectivity index (χ0v) is 18.8. The van der Waals surface area contributed by atoms with Gasteiger partial charge in [0.25, 0.3) is 0 Å². The molecule has 0 bridgehead atoms. The van der Waals surface area contributed by atoms with Crippen LogP contribution < -0.4 is 4.90 Å². The van der Waals surface area contributed by atoms with Crippen molar-refractivity contribution < 1.29 is 19.1 Å². The molecule has 1 atom stereocenters. The first-order chi connectivity index (χ1) is 14.9. The SMILES string of the molecule is CON=C(C(C)=NN=Cc1ccccc1N(C(=O)OC)C(C)OC)c1ccc(Cl)cc1. The maximum absolute atomic E-state index is 12.3. The standard InChI is InChI=1S/C22H25ClN4O4/c1-15(21(26-31-5)17-10-12-19(23)13-11-17)25-24-14-18-8-6-7-9-20(18)27(16(2)29-3)22(28)30-4/h6-14,16H,1-5H3. The summed E-state index contributed by atoms with van der Waals surface area (Å²) < 4.78 is 10.2. The summed E-state index contributed by atoms with van der Waals surface area (Å²) in [6.45, 7) is 3.51. The largest absolute Gasteiger partial charge is 0.452 e. The van der Waals surface area contributed by atoms with Gasteiger partial charge in [0, 0.05) is 23.3 Å². The van der Waals surface area contributed by atoms with Gasteiger partial charge in [-0.1, -0.05) is 47.1 Å². The predicted molar refractivity (Wildman–Crippen MR) is 123 cm³/mol. The molecule has 0 heterocycles. The van der Waals surface area contributed by atoms with Crippen LogP contribution in [0.1, 0.15) is 25.0 Å². The number of para-hydroxylation sites is 1. The minimum atomic E-state index is -0.549. The predicted octanol–water partition coefficient (Wildman–Crippen LogP) is 4.75. The molecule has 31 heavy (non-hydrogen) atoms. The number of oxime groups is 1. The number of rotatable bonds is 8. The van der Waals surface area contributed by atoms with Gasteiger partial charge in [-0.25, -0.2) is 4.79 Å². The van der Waals surface area contributed by atoms with Crippen molar-refractivity contribution in [2.45, 2.75) is 20.1 Å². The molecular weight excluding hydrogens is 420 g/mol. The van der Waals surface area contributed by atoms with Crippen molar-refractivity contribution in [2.75, 3.05) is 26.2 Å². The fourth-order valence-electron chi connectivity index (χ4n) is 2.71. The number of amides is 1. The highest BCUT2D eigenvalue weighted by atomic mass is 35.5. The highest BCUT2D eigenvalue weighted by Gasteiger charge is 2.24. The molecule has 0 aliphatic heterocycles. The third-order valence-corrected chi connectivity index (χ3v) is 4.57. The summed E-state index contributed by atoms with van der Waals surface area (Å²) in [5.74, 6) is 0. The van der Waals surface area contributed by atoms with Crippen LogP contribution in [0.3, 0.4) is 0 Å². The lowest BCUT2D eigenvalue weighted by atomic mass is 10.1. The Kier molecular flexibility index (Phi) is 9.17. The first kappa shape index (κ1) is 24.0. The summed E-state index contributed by atoms with van der Waals surface area (Å²) in [5, 5.41) is 13.1. The van der Waals surface area contributed by atoms with Crippen LogP contribution in [0, 0.1) is 0 Å². The minimum Gasteiger partial charge on any atom is -0.452 e. The number of hydrogen-bond acceptors (Lipinski definition) is 7. The first-order valence-corrected chi connectivity index (χ1v) is 9.74. The van der Waals surface area contributed by atoms with E-state index in [4.69, 9.17) is 25.9 Å². The number of carbonyl (C=O) groups is 1. The Hall–Kier alpha value is -3.23. The van der Waals surface area contributed by atoms with E-state index in [2.05, 4.69) is 15.4 Å². The Morgan fingerprint density at radius 2 is 1.77 bits per heavy atom. The molecule has 0 saturated heterocycles. The fraction of sp³-hybridized carbons (Fsp3) is 0.273. The summed E-state index contributed by atoms with van der Waals surface area (Å²) in [6.07, 6.45) is 0.452. The average molecular weight is 445 g/mol. The van der Waals surface area contributed by atoms with E-state index >= 15 is 0 Å². The normalized spacial score (nSPS) is 13.2. The van der Waals surface area contributed by atoms with E-state index in [0.717, 1.165) is 5.56 Å². The Bertz CT molecular complexity index is 974. The van der Waals surface area contributed by atoms with Crippen LogP contribution in [0.25, 0.3) is 0 Å². The number of methoxy groups -OCH3 is 2. The number of nitrogens with zero attached hydrogens (tertiary/aromatic N) is 4. The zero-order valence-electron chi connectivity index (χ0n) is 18.1. The topological polar surface area (TPSA) is 85.1 Å². The molecule has 0 aliphatic rings. The maximum Gasteiger partial charge on any atom is 0.416 e. The van der Waals surface area contributed by atoms with Crippen LogP contribution in [0.2, 0.25) is 5.02 Å². The summed E-state index contributed by atoms with van der Waals surface area (Å²) >= 11 is 5.96. The highest BCUT2D eigenvalue weighted by Crippen LogP contribution is 2.22. The van der Waals surface area contributed by atoms with E-state index in [0.29, 0.717) is 27.7 Å². The monoisotopic (exact) mass is 444 g/mol. The van der Waals surface area contributed by atoms with E-state index < -0.39 is 12.3 Å². The molecule has 1 amide bonds. The Morgan fingerprint density at radius 3 is 2.39 bits per heavy atom. The number of benzene rings is 2. The van der Waals surface area contributed by atoms with Crippen LogP contribution in [0.4, 0.5) is 10.5 Å². The first-order valence-electron chi connectivity index (χ1n) is 9.37. The summed E-state index contributed by atoms with van der Waals surface area (Å²) in [4.78, 5) is 18.6. The lowest BCUT2D eigenvalue weighted by molar-refractivity contribution is 0.103. The third kappa shape index (κ3) is 6.37. The van der Waals surface area contributed by atoms with Gasteiger partial charge in [-0.3, -0.25) is 4.90 Å². The molecule has 0 radical (unpaired) electrons. The quantitative estimate of drug-likeness (QED) is 0.334. The van der Waals surface area contributed by atoms with Crippen LogP contribution >= 0.6 is 11.6 Å². The molecule has 2 aromatic carbocycles. The molecule has 2 aromatic rings. The number of carbonyl (C=O) groups excluding carboxylic acids is 1. The smallest absolute Gasteiger partial charge is 0.416 e. The Balaban J connectivity index is 2.36. The van der Waals surface area contributed by atoms with Crippen molar-refractivity contribution in [3.05, 3.63) is 64.7 Å². The van der Waals surface area contributed by atoms with Crippen molar-refractivity contribution in [1.82, 2.24) is 0 Å². The molecule has 9 heteroatoms. The van der Waals surface area contributed by atoms with Crippen molar-refractivity contribution in [3.63, 3.8) is 0 Å². The molecule has 0 fully saturated rings. The molecule has 1 unspecified atom stereocenters. The Labute approximate surface area is 186 Å². The van der Waals surface area contributed by atoms with E-state index in [1.807, 2.05) is 30.3 Å². The molecule has 8 nitrogen and oxygen atoms in total. The van der Waals surface area contributed by atoms with Gasteiger partial charge in [0.1, 0.15) is 19.0 Å². The van der Waals surface area contributed by atoms with Crippen molar-refractivity contribution >= 4 is 41.0 Å². The molecule has 0 N–H and O–H groups in total. The van der Waals surface area contributed by atoms with Gasteiger partial charge in [0.2, 0.25) is 0 Å². The van der Waals surface area contributed by atoms with E-state index in [-0.39, 0.29) is 0 Å². The lowest BCUT2D eigenvalue weighted by Crippen LogP contribution is -2.40. The zero-order chi connectivity index (χ0) is 22.8. The number of ether oxygens (including phenoxy) is 2. The van der Waals surface area contributed by atoms with Gasteiger partial charge >= 0.3 is 6.09 Å². The third-order valence-electron chi connectivity index (χ3n) is 4.32. The number of anilines is 1. The molecule has 164 valence electrons. The lowest BCUT2D eigenvalue weighted by Gasteiger charge is -2.27. The van der Waals surface area contributed by atoms with Crippen LogP contribution in [-0.4, -0.2) is 51.3 Å². The van der Waals surface area contributed by atoms with Crippen LogP contribution in [0.5, 0.6) is 0 Å². The van der Waals surface area contributed by atoms with Crippen LogP contribution in [-0.2, 0) is 14.3 Å².